The summed E-state index contributed by atoms with van der Waals surface area (Å²) in [6.07, 6.45) is 8.68. The molecule has 40 heavy (non-hydrogen) atoms. The molecule has 1 amide bonds. The molecule has 10 heteroatoms. The third-order valence-corrected chi connectivity index (χ3v) is 6.48. The van der Waals surface area contributed by atoms with E-state index in [9.17, 15) is 4.79 Å². The van der Waals surface area contributed by atoms with Crippen molar-refractivity contribution in [2.24, 2.45) is 0 Å². The van der Waals surface area contributed by atoms with Crippen molar-refractivity contribution in [1.82, 2.24) is 30.2 Å². The summed E-state index contributed by atoms with van der Waals surface area (Å²) in [5.41, 5.74) is 3.07. The molecule has 0 aliphatic carbocycles. The molecule has 0 bridgehead atoms. The number of hydrogen-bond donors (Lipinski definition) is 3. The number of amides is 1. The fraction of sp³-hybridized carbons (Fsp3) is 0.233. The highest BCUT2D eigenvalue weighted by molar-refractivity contribution is 5.99. The average Bonchev–Trinajstić information content (AvgIpc) is 2.98. The van der Waals surface area contributed by atoms with Crippen LogP contribution in [0.25, 0.3) is 11.1 Å². The number of nitrogens with one attached hydrogen (secondary N) is 3. The van der Waals surface area contributed by atoms with Gasteiger partial charge in [-0.3, -0.25) is 9.78 Å². The third-order valence-electron chi connectivity index (χ3n) is 6.48. The highest BCUT2D eigenvalue weighted by atomic mass is 16.5. The van der Waals surface area contributed by atoms with Gasteiger partial charge in [0.05, 0.1) is 0 Å². The summed E-state index contributed by atoms with van der Waals surface area (Å²) in [4.78, 5) is 33.0. The van der Waals surface area contributed by atoms with Crippen LogP contribution in [0.2, 0.25) is 0 Å². The monoisotopic (exact) mass is 536 g/mol. The van der Waals surface area contributed by atoms with Crippen molar-refractivity contribution in [1.29, 1.82) is 0 Å². The van der Waals surface area contributed by atoms with Crippen LogP contribution in [0.4, 0.5) is 23.3 Å². The minimum absolute atomic E-state index is 0.122. The Labute approximate surface area is 233 Å². The highest BCUT2D eigenvalue weighted by Gasteiger charge is 2.19. The first-order chi connectivity index (χ1) is 19.6. The van der Waals surface area contributed by atoms with E-state index in [1.54, 1.807) is 18.3 Å². The van der Waals surface area contributed by atoms with E-state index in [4.69, 9.17) is 4.74 Å². The molecular weight excluding hydrogens is 504 g/mol. The molecule has 1 aliphatic rings. The van der Waals surface area contributed by atoms with E-state index in [-0.39, 0.29) is 17.6 Å². The number of pyridine rings is 2. The van der Waals surface area contributed by atoms with E-state index >= 15 is 0 Å². The first-order valence-electron chi connectivity index (χ1n) is 13.2. The van der Waals surface area contributed by atoms with Crippen molar-refractivity contribution < 1.29 is 9.53 Å². The molecule has 1 aliphatic heterocycles. The average molecular weight is 537 g/mol. The van der Waals surface area contributed by atoms with Crippen molar-refractivity contribution in [3.05, 3.63) is 91.4 Å². The minimum Gasteiger partial charge on any atom is -0.474 e. The first kappa shape index (κ1) is 26.8. The SMILES string of the molecule is C=CCNC(=O)c1cnc(Nc2cccc(-c3cccnc3)c2)nc1Nc1cccc(OC2CCN(C)CC2)n1. The fourth-order valence-corrected chi connectivity index (χ4v) is 4.35. The van der Waals surface area contributed by atoms with Gasteiger partial charge in [-0.15, -0.1) is 6.58 Å². The number of carbonyl (C=O) groups excluding carboxylic acids is 1. The second kappa shape index (κ2) is 12.8. The number of ether oxygens (including phenoxy) is 1. The molecule has 1 saturated heterocycles. The zero-order valence-electron chi connectivity index (χ0n) is 22.4. The summed E-state index contributed by atoms with van der Waals surface area (Å²) in [6, 6.07) is 17.3. The van der Waals surface area contributed by atoms with Crippen LogP contribution in [-0.2, 0) is 0 Å². The van der Waals surface area contributed by atoms with Crippen molar-refractivity contribution in [2.75, 3.05) is 37.3 Å². The smallest absolute Gasteiger partial charge is 0.256 e. The molecule has 4 aromatic rings. The summed E-state index contributed by atoms with van der Waals surface area (Å²) < 4.78 is 6.15. The number of anilines is 4. The van der Waals surface area contributed by atoms with Gasteiger partial charge in [-0.1, -0.05) is 30.3 Å². The number of aromatic nitrogens is 4. The van der Waals surface area contributed by atoms with Gasteiger partial charge in [0.2, 0.25) is 11.8 Å². The van der Waals surface area contributed by atoms with Gasteiger partial charge in [-0.05, 0) is 49.7 Å². The van der Waals surface area contributed by atoms with Crippen LogP contribution >= 0.6 is 0 Å². The number of likely N-dealkylation sites (tertiary alicyclic amines) is 1. The van der Waals surface area contributed by atoms with Crippen molar-refractivity contribution in [2.45, 2.75) is 18.9 Å². The maximum atomic E-state index is 12.9. The van der Waals surface area contributed by atoms with Crippen LogP contribution < -0.4 is 20.7 Å². The lowest BCUT2D eigenvalue weighted by Crippen LogP contribution is -2.35. The van der Waals surface area contributed by atoms with Gasteiger partial charge < -0.3 is 25.6 Å². The summed E-state index contributed by atoms with van der Waals surface area (Å²) in [5, 5.41) is 9.22. The largest absolute Gasteiger partial charge is 0.474 e. The number of rotatable bonds is 10. The molecule has 10 nitrogen and oxygen atoms in total. The number of piperidine rings is 1. The van der Waals surface area contributed by atoms with Gasteiger partial charge in [-0.25, -0.2) is 4.98 Å². The second-order valence-electron chi connectivity index (χ2n) is 9.51. The maximum Gasteiger partial charge on any atom is 0.256 e. The number of carbonyl (C=O) groups is 1. The summed E-state index contributed by atoms with van der Waals surface area (Å²) in [5.74, 6) is 1.34. The Morgan fingerprint density at radius 2 is 1.88 bits per heavy atom. The van der Waals surface area contributed by atoms with E-state index < -0.39 is 0 Å². The molecule has 5 rings (SSSR count). The molecule has 0 atom stereocenters. The van der Waals surface area contributed by atoms with Crippen LogP contribution in [0, 0.1) is 0 Å². The van der Waals surface area contributed by atoms with Crippen molar-refractivity contribution >= 4 is 29.2 Å². The van der Waals surface area contributed by atoms with Gasteiger partial charge in [0.1, 0.15) is 23.3 Å². The molecule has 0 saturated carbocycles. The van der Waals surface area contributed by atoms with Crippen LogP contribution in [0.3, 0.4) is 0 Å². The van der Waals surface area contributed by atoms with E-state index in [1.807, 2.05) is 54.7 Å². The highest BCUT2D eigenvalue weighted by Crippen LogP contribution is 2.26. The molecule has 0 radical (unpaired) electrons. The van der Waals surface area contributed by atoms with E-state index in [0.29, 0.717) is 30.0 Å². The van der Waals surface area contributed by atoms with Gasteiger partial charge in [0.25, 0.3) is 5.91 Å². The quantitative estimate of drug-likeness (QED) is 0.246. The summed E-state index contributed by atoms with van der Waals surface area (Å²) >= 11 is 0. The zero-order valence-corrected chi connectivity index (χ0v) is 22.4. The lowest BCUT2D eigenvalue weighted by molar-refractivity contribution is 0.0958. The third kappa shape index (κ3) is 6.97. The minimum atomic E-state index is -0.328. The molecule has 1 fully saturated rings. The normalized spacial score (nSPS) is 13.8. The zero-order chi connectivity index (χ0) is 27.7. The fourth-order valence-electron chi connectivity index (χ4n) is 4.35. The van der Waals surface area contributed by atoms with Crippen LogP contribution in [-0.4, -0.2) is 63.5 Å². The number of benzene rings is 1. The van der Waals surface area contributed by atoms with Crippen molar-refractivity contribution in [3.8, 4) is 17.0 Å². The Hall–Kier alpha value is -4.83. The molecule has 0 spiro atoms. The maximum absolute atomic E-state index is 12.9. The van der Waals surface area contributed by atoms with Gasteiger partial charge in [-0.2, -0.15) is 9.97 Å². The molecule has 0 unspecified atom stereocenters. The lowest BCUT2D eigenvalue weighted by Gasteiger charge is -2.29. The van der Waals surface area contributed by atoms with Crippen LogP contribution in [0.15, 0.2) is 85.8 Å². The predicted octanol–water partition coefficient (Wildman–Crippen LogP) is 4.81. The van der Waals surface area contributed by atoms with Crippen molar-refractivity contribution in [3.63, 3.8) is 0 Å². The van der Waals surface area contributed by atoms with E-state index in [1.165, 1.54) is 6.20 Å². The molecular formula is C30H32N8O2. The second-order valence-corrected chi connectivity index (χ2v) is 9.51. The Kier molecular flexibility index (Phi) is 8.57. The Balaban J connectivity index is 1.38. The summed E-state index contributed by atoms with van der Waals surface area (Å²) in [6.45, 7) is 5.97. The molecule has 4 heterocycles. The standard InChI is InChI=1S/C30H32N8O2/c1-3-14-32-29(39)25-20-33-30(34-23-9-4-7-21(18-23)22-8-6-15-31-19-22)37-28(25)36-26-10-5-11-27(35-26)40-24-12-16-38(2)17-13-24/h3-11,15,18-20,24H,1,12-14,16-17H2,2H3,(H,32,39)(H2,33,34,35,36,37). The molecule has 3 N–H and O–H groups in total. The summed E-state index contributed by atoms with van der Waals surface area (Å²) in [7, 11) is 2.12. The van der Waals surface area contributed by atoms with Gasteiger partial charge >= 0.3 is 0 Å². The molecule has 3 aromatic heterocycles. The molecule has 1 aromatic carbocycles. The van der Waals surface area contributed by atoms with E-state index in [2.05, 4.69) is 54.4 Å². The first-order valence-corrected chi connectivity index (χ1v) is 13.2. The Morgan fingerprint density at radius 3 is 2.67 bits per heavy atom. The lowest BCUT2D eigenvalue weighted by atomic mass is 10.1. The van der Waals surface area contributed by atoms with Crippen LogP contribution in [0.1, 0.15) is 23.2 Å². The molecule has 204 valence electrons. The topological polar surface area (TPSA) is 117 Å². The van der Waals surface area contributed by atoms with Gasteiger partial charge in [0, 0.05) is 55.5 Å². The van der Waals surface area contributed by atoms with Gasteiger partial charge in [0.15, 0.2) is 0 Å². The van der Waals surface area contributed by atoms with Crippen LogP contribution in [0.5, 0.6) is 5.88 Å². The Morgan fingerprint density at radius 1 is 1.05 bits per heavy atom. The number of nitrogens with zero attached hydrogens (tertiary/aromatic N) is 5. The van der Waals surface area contributed by atoms with E-state index in [0.717, 1.165) is 42.7 Å². The predicted molar refractivity (Wildman–Crippen MR) is 156 cm³/mol. The Bertz CT molecular complexity index is 1460. The number of hydrogen-bond acceptors (Lipinski definition) is 9.